The second kappa shape index (κ2) is 13.0. The number of halogens is 1. The van der Waals surface area contributed by atoms with Crippen molar-refractivity contribution in [2.45, 2.75) is 13.0 Å². The molecule has 3 aromatic carbocycles. The fraction of sp³-hybridized carbons (Fsp3) is 0.250. The number of hydrogen-bond acceptors (Lipinski definition) is 7. The number of nitrogens with one attached hydrogen (secondary N) is 1. The number of anilines is 2. The van der Waals surface area contributed by atoms with Crippen LogP contribution >= 0.6 is 11.3 Å². The van der Waals surface area contributed by atoms with Crippen molar-refractivity contribution in [1.82, 2.24) is 14.8 Å². The predicted molar refractivity (Wildman–Crippen MR) is 180 cm³/mol. The summed E-state index contributed by atoms with van der Waals surface area (Å²) in [6.07, 6.45) is 2.04. The highest BCUT2D eigenvalue weighted by molar-refractivity contribution is 7.22. The van der Waals surface area contributed by atoms with Crippen LogP contribution in [0.2, 0.25) is 0 Å². The van der Waals surface area contributed by atoms with Gasteiger partial charge in [-0.2, -0.15) is 0 Å². The highest BCUT2D eigenvalue weighted by Crippen LogP contribution is 2.40. The maximum atomic E-state index is 15.2. The molecule has 2 aliphatic heterocycles. The van der Waals surface area contributed by atoms with Gasteiger partial charge in [0.25, 0.3) is 0 Å². The molecule has 1 unspecified atom stereocenters. The van der Waals surface area contributed by atoms with E-state index in [1.807, 2.05) is 36.4 Å². The molecule has 2 aliphatic rings. The lowest BCUT2D eigenvalue weighted by molar-refractivity contribution is -0.129. The zero-order chi connectivity index (χ0) is 31.6. The molecule has 2 aromatic heterocycles. The molecule has 0 aliphatic carbocycles. The molecule has 2 fully saturated rings. The Labute approximate surface area is 271 Å². The smallest absolute Gasteiger partial charge is 0.239 e. The number of likely N-dealkylation sites (N-methyl/N-ethyl adjacent to an activating group) is 1. The van der Waals surface area contributed by atoms with Gasteiger partial charge in [-0.05, 0) is 54.9 Å². The minimum Gasteiger partial charge on any atom is -0.453 e. The van der Waals surface area contributed by atoms with Crippen LogP contribution in [-0.4, -0.2) is 66.4 Å². The maximum absolute atomic E-state index is 15.2. The van der Waals surface area contributed by atoms with Crippen molar-refractivity contribution in [3.8, 4) is 21.9 Å². The molecule has 0 saturated carbocycles. The molecule has 2 amide bonds. The number of fused-ring (bicyclic) bond motifs is 1. The first kappa shape index (κ1) is 30.0. The molecule has 10 heteroatoms. The van der Waals surface area contributed by atoms with E-state index >= 15 is 4.39 Å². The number of amides is 2. The third kappa shape index (κ3) is 6.37. The third-order valence-electron chi connectivity index (χ3n) is 8.63. The van der Waals surface area contributed by atoms with Gasteiger partial charge in [0.15, 0.2) is 11.6 Å². The van der Waals surface area contributed by atoms with Crippen LogP contribution in [0.5, 0.6) is 11.5 Å². The summed E-state index contributed by atoms with van der Waals surface area (Å²) in [5.41, 5.74) is 4.17. The second-order valence-corrected chi connectivity index (χ2v) is 12.9. The molecule has 2 saturated heterocycles. The Morgan fingerprint density at radius 2 is 1.74 bits per heavy atom. The van der Waals surface area contributed by atoms with Gasteiger partial charge in [0, 0.05) is 73.9 Å². The number of benzene rings is 3. The van der Waals surface area contributed by atoms with Gasteiger partial charge in [-0.15, -0.1) is 11.3 Å². The Hall–Kier alpha value is -4.64. The number of pyridine rings is 1. The topological polar surface area (TPSA) is 78.0 Å². The standard InChI is InChI=1S/C36H34FN5O3S/c1-40-17-19-41(20-18-40)23-24-7-9-25(10-8-24)33-22-30-34(46-33)32(13-15-38-30)45-31-12-11-26(21-29(31)37)39-35(43)28-14-16-42(36(28)44)27-5-3-2-4-6-27/h2-13,15,21-22,28H,14,16-20,23H2,1H3,(H,39,43). The molecular weight excluding hydrogens is 601 g/mol. The van der Waals surface area contributed by atoms with E-state index in [-0.39, 0.29) is 17.3 Å². The summed E-state index contributed by atoms with van der Waals surface area (Å²) in [6.45, 7) is 5.75. The van der Waals surface area contributed by atoms with Gasteiger partial charge in [-0.25, -0.2) is 4.39 Å². The Morgan fingerprint density at radius 1 is 0.957 bits per heavy atom. The van der Waals surface area contributed by atoms with Gasteiger partial charge in [0.1, 0.15) is 11.7 Å². The average Bonchev–Trinajstić information content (AvgIpc) is 3.69. The fourth-order valence-corrected chi connectivity index (χ4v) is 7.04. The first-order valence-corrected chi connectivity index (χ1v) is 16.3. The highest BCUT2D eigenvalue weighted by Gasteiger charge is 2.37. The monoisotopic (exact) mass is 635 g/mol. The van der Waals surface area contributed by atoms with E-state index in [1.54, 1.807) is 34.6 Å². The first-order chi connectivity index (χ1) is 22.4. The van der Waals surface area contributed by atoms with Crippen molar-refractivity contribution in [2.75, 3.05) is 50.0 Å². The highest BCUT2D eigenvalue weighted by atomic mass is 32.1. The lowest BCUT2D eigenvalue weighted by Gasteiger charge is -2.32. The molecule has 1 N–H and O–H groups in total. The molecule has 4 heterocycles. The summed E-state index contributed by atoms with van der Waals surface area (Å²) < 4.78 is 22.1. The van der Waals surface area contributed by atoms with E-state index in [2.05, 4.69) is 51.4 Å². The van der Waals surface area contributed by atoms with Gasteiger partial charge in [-0.3, -0.25) is 19.5 Å². The Bertz CT molecular complexity index is 1870. The molecule has 5 aromatic rings. The fourth-order valence-electron chi connectivity index (χ4n) is 5.97. The number of rotatable bonds is 8. The summed E-state index contributed by atoms with van der Waals surface area (Å²) in [5, 5.41) is 2.70. The molecule has 1 atom stereocenters. The Kier molecular flexibility index (Phi) is 8.49. The summed E-state index contributed by atoms with van der Waals surface area (Å²) in [5.74, 6) is -1.64. The van der Waals surface area contributed by atoms with E-state index in [0.717, 1.165) is 59.1 Å². The zero-order valence-electron chi connectivity index (χ0n) is 25.5. The molecule has 0 spiro atoms. The van der Waals surface area contributed by atoms with Gasteiger partial charge in [-0.1, -0.05) is 42.5 Å². The van der Waals surface area contributed by atoms with Crippen LogP contribution in [0.25, 0.3) is 20.7 Å². The summed E-state index contributed by atoms with van der Waals surface area (Å²) in [7, 11) is 2.17. The summed E-state index contributed by atoms with van der Waals surface area (Å²) in [6, 6.07) is 25.9. The zero-order valence-corrected chi connectivity index (χ0v) is 26.3. The van der Waals surface area contributed by atoms with E-state index in [1.165, 1.54) is 17.7 Å². The van der Waals surface area contributed by atoms with Crippen LogP contribution in [0.4, 0.5) is 15.8 Å². The number of thiophene rings is 1. The number of piperazine rings is 1. The lowest BCUT2D eigenvalue weighted by atomic mass is 10.1. The molecule has 46 heavy (non-hydrogen) atoms. The number of carbonyl (C=O) groups is 2. The summed E-state index contributed by atoms with van der Waals surface area (Å²) in [4.78, 5) is 37.9. The van der Waals surface area contributed by atoms with Crippen molar-refractivity contribution in [3.63, 3.8) is 0 Å². The summed E-state index contributed by atoms with van der Waals surface area (Å²) >= 11 is 1.55. The van der Waals surface area contributed by atoms with Crippen LogP contribution in [-0.2, 0) is 16.1 Å². The predicted octanol–water partition coefficient (Wildman–Crippen LogP) is 6.63. The Balaban J connectivity index is 1.01. The molecule has 8 nitrogen and oxygen atoms in total. The van der Waals surface area contributed by atoms with Crippen LogP contribution in [0.1, 0.15) is 12.0 Å². The minimum absolute atomic E-state index is 0.0286. The van der Waals surface area contributed by atoms with E-state index in [9.17, 15) is 9.59 Å². The average molecular weight is 636 g/mol. The number of para-hydroxylation sites is 1. The van der Waals surface area contributed by atoms with Crippen LogP contribution in [0, 0.1) is 11.7 Å². The van der Waals surface area contributed by atoms with E-state index in [0.29, 0.717) is 18.7 Å². The van der Waals surface area contributed by atoms with Crippen molar-refractivity contribution in [2.24, 2.45) is 5.92 Å². The van der Waals surface area contributed by atoms with Crippen molar-refractivity contribution in [3.05, 3.63) is 103 Å². The molecular formula is C36H34FN5O3S. The SMILES string of the molecule is CN1CCN(Cc2ccc(-c3cc4nccc(Oc5ccc(NC(=O)C6CCN(c7ccccc7)C6=O)cc5F)c4s3)cc2)CC1. The van der Waals surface area contributed by atoms with Crippen molar-refractivity contribution in [1.29, 1.82) is 0 Å². The molecule has 7 rings (SSSR count). The third-order valence-corrected chi connectivity index (χ3v) is 9.81. The maximum Gasteiger partial charge on any atom is 0.239 e. The van der Waals surface area contributed by atoms with Crippen LogP contribution in [0.3, 0.4) is 0 Å². The lowest BCUT2D eigenvalue weighted by Crippen LogP contribution is -2.43. The van der Waals surface area contributed by atoms with Crippen molar-refractivity contribution >= 4 is 44.7 Å². The van der Waals surface area contributed by atoms with Gasteiger partial charge in [0.05, 0.1) is 10.2 Å². The second-order valence-electron chi connectivity index (χ2n) is 11.8. The number of aromatic nitrogens is 1. The quantitative estimate of drug-likeness (QED) is 0.193. The van der Waals surface area contributed by atoms with Gasteiger partial charge in [0.2, 0.25) is 11.8 Å². The van der Waals surface area contributed by atoms with E-state index in [4.69, 9.17) is 4.74 Å². The largest absolute Gasteiger partial charge is 0.453 e. The van der Waals surface area contributed by atoms with E-state index < -0.39 is 17.6 Å². The number of ether oxygens (including phenoxy) is 1. The minimum atomic E-state index is -0.828. The number of nitrogens with zero attached hydrogens (tertiary/aromatic N) is 4. The Morgan fingerprint density at radius 3 is 2.50 bits per heavy atom. The van der Waals surface area contributed by atoms with Crippen LogP contribution in [0.15, 0.2) is 91.1 Å². The van der Waals surface area contributed by atoms with Crippen molar-refractivity contribution < 1.29 is 18.7 Å². The van der Waals surface area contributed by atoms with Gasteiger partial charge < -0.3 is 19.9 Å². The normalized spacial score (nSPS) is 17.5. The molecule has 0 radical (unpaired) electrons. The number of hydrogen-bond donors (Lipinski definition) is 1. The molecule has 0 bridgehead atoms. The first-order valence-electron chi connectivity index (χ1n) is 15.4. The van der Waals surface area contributed by atoms with Crippen LogP contribution < -0.4 is 15.0 Å². The number of carbonyl (C=O) groups excluding carboxylic acids is 2. The van der Waals surface area contributed by atoms with Gasteiger partial charge >= 0.3 is 0 Å². The molecule has 234 valence electrons.